The van der Waals surface area contributed by atoms with Crippen molar-refractivity contribution >= 4 is 0 Å². The van der Waals surface area contributed by atoms with Gasteiger partial charge in [0.1, 0.15) is 5.60 Å². The normalized spacial score (nSPS) is 18.1. The quantitative estimate of drug-likeness (QED) is 0.139. The molecule has 0 fully saturated rings. The molecule has 0 spiro atoms. The SMILES string of the molecule is [N-]=[N+]=N[C@@H]1CC=C[C@H]1CCOC(c1ccccc1)(c1ccccc1)c1ccccc1. The lowest BCUT2D eigenvalue weighted by molar-refractivity contribution is 0.00705. The molecule has 0 aromatic heterocycles. The maximum absolute atomic E-state index is 8.84. The average molecular weight is 396 g/mol. The van der Waals surface area contributed by atoms with Crippen molar-refractivity contribution < 1.29 is 4.74 Å². The van der Waals surface area contributed by atoms with E-state index in [2.05, 4.69) is 95.0 Å². The van der Waals surface area contributed by atoms with Crippen LogP contribution in [0, 0.1) is 5.92 Å². The number of hydrogen-bond acceptors (Lipinski definition) is 2. The Balaban J connectivity index is 1.72. The van der Waals surface area contributed by atoms with Gasteiger partial charge in [0.05, 0.1) is 0 Å². The Morgan fingerprint density at radius 3 is 1.80 bits per heavy atom. The first-order valence-corrected chi connectivity index (χ1v) is 10.4. The van der Waals surface area contributed by atoms with Gasteiger partial charge in [-0.25, -0.2) is 0 Å². The van der Waals surface area contributed by atoms with Crippen LogP contribution < -0.4 is 0 Å². The minimum absolute atomic E-state index is 0.0156. The maximum Gasteiger partial charge on any atom is 0.143 e. The summed E-state index contributed by atoms with van der Waals surface area (Å²) >= 11 is 0. The lowest BCUT2D eigenvalue weighted by Gasteiger charge is -2.36. The van der Waals surface area contributed by atoms with Crippen LogP contribution in [0.2, 0.25) is 0 Å². The van der Waals surface area contributed by atoms with E-state index in [-0.39, 0.29) is 12.0 Å². The van der Waals surface area contributed by atoms with E-state index in [1.807, 2.05) is 18.2 Å². The molecule has 4 nitrogen and oxygen atoms in total. The summed E-state index contributed by atoms with van der Waals surface area (Å²) in [5, 5.41) is 3.96. The first kappa shape index (κ1) is 20.0. The Labute approximate surface area is 177 Å². The van der Waals surface area contributed by atoms with E-state index in [9.17, 15) is 0 Å². The Kier molecular flexibility index (Phi) is 6.29. The third kappa shape index (κ3) is 4.02. The minimum Gasteiger partial charge on any atom is -0.361 e. The summed E-state index contributed by atoms with van der Waals surface area (Å²) in [4.78, 5) is 3.01. The van der Waals surface area contributed by atoms with E-state index in [1.165, 1.54) is 0 Å². The molecule has 0 amide bonds. The second-order valence-corrected chi connectivity index (χ2v) is 7.52. The number of ether oxygens (including phenoxy) is 1. The van der Waals surface area contributed by atoms with Crippen molar-refractivity contribution in [1.82, 2.24) is 0 Å². The van der Waals surface area contributed by atoms with Crippen LogP contribution in [0.1, 0.15) is 29.5 Å². The molecule has 0 N–H and O–H groups in total. The summed E-state index contributed by atoms with van der Waals surface area (Å²) in [6.07, 6.45) is 5.85. The summed E-state index contributed by atoms with van der Waals surface area (Å²) < 4.78 is 6.81. The van der Waals surface area contributed by atoms with Crippen LogP contribution in [0.5, 0.6) is 0 Å². The van der Waals surface area contributed by atoms with Gasteiger partial charge in [0, 0.05) is 17.6 Å². The van der Waals surface area contributed by atoms with Gasteiger partial charge in [-0.05, 0) is 41.0 Å². The molecule has 4 rings (SSSR count). The second kappa shape index (κ2) is 9.45. The molecule has 0 saturated carbocycles. The van der Waals surface area contributed by atoms with E-state index in [4.69, 9.17) is 10.3 Å². The molecule has 3 aromatic carbocycles. The highest BCUT2D eigenvalue weighted by molar-refractivity contribution is 5.47. The Morgan fingerprint density at radius 1 is 0.833 bits per heavy atom. The van der Waals surface area contributed by atoms with Crippen LogP contribution in [-0.4, -0.2) is 12.6 Å². The molecule has 1 aliphatic carbocycles. The Hall–Kier alpha value is -3.33. The molecule has 0 aliphatic heterocycles. The lowest BCUT2D eigenvalue weighted by atomic mass is 9.80. The zero-order valence-electron chi connectivity index (χ0n) is 16.8. The van der Waals surface area contributed by atoms with Gasteiger partial charge in [0.15, 0.2) is 0 Å². The number of azide groups is 1. The largest absolute Gasteiger partial charge is 0.361 e. The molecule has 3 aromatic rings. The van der Waals surface area contributed by atoms with Crippen molar-refractivity contribution in [2.24, 2.45) is 11.0 Å². The molecule has 4 heteroatoms. The van der Waals surface area contributed by atoms with Crippen LogP contribution in [-0.2, 0) is 10.3 Å². The number of nitrogens with zero attached hydrogens (tertiary/aromatic N) is 3. The van der Waals surface area contributed by atoms with Crippen molar-refractivity contribution in [3.8, 4) is 0 Å². The molecule has 2 atom stereocenters. The van der Waals surface area contributed by atoms with Gasteiger partial charge in [0.2, 0.25) is 0 Å². The predicted molar refractivity (Wildman–Crippen MR) is 120 cm³/mol. The number of hydrogen-bond donors (Lipinski definition) is 0. The zero-order valence-corrected chi connectivity index (χ0v) is 16.8. The van der Waals surface area contributed by atoms with Crippen LogP contribution in [0.15, 0.2) is 108 Å². The Bertz CT molecular complexity index is 915. The molecule has 1 aliphatic rings. The topological polar surface area (TPSA) is 58.0 Å². The van der Waals surface area contributed by atoms with Crippen LogP contribution >= 0.6 is 0 Å². The molecule has 0 heterocycles. The summed E-state index contributed by atoms with van der Waals surface area (Å²) in [5.41, 5.74) is 11.4. The molecular formula is C26H25N3O. The van der Waals surface area contributed by atoms with Gasteiger partial charge < -0.3 is 4.74 Å². The third-order valence-corrected chi connectivity index (χ3v) is 5.77. The molecule has 0 radical (unpaired) electrons. The zero-order chi connectivity index (χ0) is 20.7. The monoisotopic (exact) mass is 395 g/mol. The van der Waals surface area contributed by atoms with Gasteiger partial charge in [-0.1, -0.05) is 108 Å². The second-order valence-electron chi connectivity index (χ2n) is 7.52. The molecule has 0 unspecified atom stereocenters. The van der Waals surface area contributed by atoms with Crippen molar-refractivity contribution in [1.29, 1.82) is 0 Å². The lowest BCUT2D eigenvalue weighted by Crippen LogP contribution is -2.34. The summed E-state index contributed by atoms with van der Waals surface area (Å²) in [6, 6.07) is 31.1. The van der Waals surface area contributed by atoms with Gasteiger partial charge in [-0.15, -0.1) is 0 Å². The van der Waals surface area contributed by atoms with Crippen molar-refractivity contribution in [3.63, 3.8) is 0 Å². The first-order chi connectivity index (χ1) is 14.8. The van der Waals surface area contributed by atoms with E-state index in [0.717, 1.165) is 29.5 Å². The number of benzene rings is 3. The van der Waals surface area contributed by atoms with Crippen LogP contribution in [0.3, 0.4) is 0 Å². The standard InChI is InChI=1S/C26H25N3O/c27-29-28-25-18-10-11-21(25)19-20-30-26(22-12-4-1-5-13-22,23-14-6-2-7-15-23)24-16-8-3-9-17-24/h1-17,21,25H,18-20H2/t21-,25+/m0/s1. The van der Waals surface area contributed by atoms with Crippen molar-refractivity contribution in [2.75, 3.05) is 6.61 Å². The number of rotatable bonds is 8. The van der Waals surface area contributed by atoms with Crippen molar-refractivity contribution in [2.45, 2.75) is 24.5 Å². The highest BCUT2D eigenvalue weighted by Crippen LogP contribution is 2.41. The van der Waals surface area contributed by atoms with Crippen molar-refractivity contribution in [3.05, 3.63) is 130 Å². The van der Waals surface area contributed by atoms with E-state index in [0.29, 0.717) is 6.61 Å². The van der Waals surface area contributed by atoms with Gasteiger partial charge in [0.25, 0.3) is 0 Å². The van der Waals surface area contributed by atoms with E-state index < -0.39 is 5.60 Å². The van der Waals surface area contributed by atoms with E-state index in [1.54, 1.807) is 0 Å². The fourth-order valence-corrected chi connectivity index (χ4v) is 4.30. The predicted octanol–water partition coefficient (Wildman–Crippen LogP) is 6.64. The molecule has 0 saturated heterocycles. The summed E-state index contributed by atoms with van der Waals surface area (Å²) in [5.74, 6) is 0.209. The third-order valence-electron chi connectivity index (χ3n) is 5.77. The smallest absolute Gasteiger partial charge is 0.143 e. The molecule has 150 valence electrons. The molecule has 0 bridgehead atoms. The first-order valence-electron chi connectivity index (χ1n) is 10.4. The molecular weight excluding hydrogens is 370 g/mol. The Morgan fingerprint density at radius 2 is 1.33 bits per heavy atom. The van der Waals surface area contributed by atoms with Crippen LogP contribution in [0.25, 0.3) is 10.4 Å². The maximum atomic E-state index is 8.84. The summed E-state index contributed by atoms with van der Waals surface area (Å²) in [7, 11) is 0. The highest BCUT2D eigenvalue weighted by Gasteiger charge is 2.37. The highest BCUT2D eigenvalue weighted by atomic mass is 16.5. The van der Waals surface area contributed by atoms with E-state index >= 15 is 0 Å². The van der Waals surface area contributed by atoms with Gasteiger partial charge >= 0.3 is 0 Å². The average Bonchev–Trinajstić information content (AvgIpc) is 3.26. The minimum atomic E-state index is -0.708. The summed E-state index contributed by atoms with van der Waals surface area (Å²) in [6.45, 7) is 0.547. The van der Waals surface area contributed by atoms with Gasteiger partial charge in [-0.2, -0.15) is 0 Å². The fourth-order valence-electron chi connectivity index (χ4n) is 4.30. The fraction of sp³-hybridized carbons (Fsp3) is 0.231. The van der Waals surface area contributed by atoms with Gasteiger partial charge in [-0.3, -0.25) is 0 Å². The van der Waals surface area contributed by atoms with Crippen LogP contribution in [0.4, 0.5) is 0 Å². The molecule has 30 heavy (non-hydrogen) atoms.